The molecule has 6 nitrogen and oxygen atoms in total. The highest BCUT2D eigenvalue weighted by Gasteiger charge is 2.20. The standard InChI is InChI=1S/C12H9BrN4O2S/c1-8-2-4-9(5-3-8)20(18,19)17-7-15-11-12(17)14-6-10(13)16-11/h2-7H,1H3. The molecule has 0 atom stereocenters. The molecule has 0 unspecified atom stereocenters. The fourth-order valence-electron chi connectivity index (χ4n) is 1.76. The van der Waals surface area contributed by atoms with E-state index in [9.17, 15) is 8.42 Å². The average molecular weight is 353 g/mol. The van der Waals surface area contributed by atoms with E-state index in [1.165, 1.54) is 12.5 Å². The van der Waals surface area contributed by atoms with Crippen molar-refractivity contribution in [3.63, 3.8) is 0 Å². The largest absolute Gasteiger partial charge is 0.270 e. The van der Waals surface area contributed by atoms with Gasteiger partial charge >= 0.3 is 0 Å². The van der Waals surface area contributed by atoms with Crippen molar-refractivity contribution in [2.45, 2.75) is 11.8 Å². The summed E-state index contributed by atoms with van der Waals surface area (Å²) in [7, 11) is -3.72. The number of hydrogen-bond acceptors (Lipinski definition) is 5. The molecule has 0 aliphatic carbocycles. The maximum absolute atomic E-state index is 12.5. The smallest absolute Gasteiger partial charge is 0.232 e. The van der Waals surface area contributed by atoms with E-state index >= 15 is 0 Å². The van der Waals surface area contributed by atoms with Crippen LogP contribution in [0.1, 0.15) is 5.56 Å². The Bertz CT molecular complexity index is 887. The van der Waals surface area contributed by atoms with Crippen molar-refractivity contribution in [3.05, 3.63) is 47.0 Å². The minimum absolute atomic E-state index is 0.187. The number of halogens is 1. The minimum Gasteiger partial charge on any atom is -0.232 e. The lowest BCUT2D eigenvalue weighted by Crippen LogP contribution is -2.12. The van der Waals surface area contributed by atoms with Gasteiger partial charge in [-0.1, -0.05) is 17.7 Å². The van der Waals surface area contributed by atoms with E-state index < -0.39 is 10.0 Å². The number of benzene rings is 1. The first-order valence-electron chi connectivity index (χ1n) is 5.66. The van der Waals surface area contributed by atoms with Crippen molar-refractivity contribution in [1.29, 1.82) is 0 Å². The molecule has 3 aromatic rings. The summed E-state index contributed by atoms with van der Waals surface area (Å²) in [6.07, 6.45) is 2.65. The van der Waals surface area contributed by atoms with E-state index in [0.29, 0.717) is 4.60 Å². The molecule has 0 saturated carbocycles. The normalized spacial score (nSPS) is 11.9. The van der Waals surface area contributed by atoms with Gasteiger partial charge in [0.15, 0.2) is 11.3 Å². The Morgan fingerprint density at radius 2 is 1.85 bits per heavy atom. The SMILES string of the molecule is Cc1ccc(S(=O)(=O)n2cnc3nc(Br)cnc32)cc1. The predicted molar refractivity (Wildman–Crippen MR) is 76.8 cm³/mol. The molecule has 1 aromatic carbocycles. The van der Waals surface area contributed by atoms with E-state index in [1.54, 1.807) is 24.3 Å². The highest BCUT2D eigenvalue weighted by atomic mass is 79.9. The zero-order valence-corrected chi connectivity index (χ0v) is 12.8. The van der Waals surface area contributed by atoms with E-state index in [2.05, 4.69) is 30.9 Å². The number of aryl methyl sites for hydroxylation is 1. The van der Waals surface area contributed by atoms with Gasteiger partial charge in [0.25, 0.3) is 10.0 Å². The van der Waals surface area contributed by atoms with Crippen molar-refractivity contribution >= 4 is 37.2 Å². The minimum atomic E-state index is -3.72. The molecular formula is C12H9BrN4O2S. The summed E-state index contributed by atoms with van der Waals surface area (Å²) in [6.45, 7) is 1.89. The number of nitrogens with zero attached hydrogens (tertiary/aromatic N) is 4. The molecule has 2 aromatic heterocycles. The maximum atomic E-state index is 12.5. The molecule has 0 bridgehead atoms. The van der Waals surface area contributed by atoms with Crippen molar-refractivity contribution in [2.75, 3.05) is 0 Å². The second-order valence-electron chi connectivity index (χ2n) is 4.20. The van der Waals surface area contributed by atoms with Crippen LogP contribution in [0.4, 0.5) is 0 Å². The van der Waals surface area contributed by atoms with Crippen molar-refractivity contribution in [2.24, 2.45) is 0 Å². The van der Waals surface area contributed by atoms with Crippen LogP contribution in [0.2, 0.25) is 0 Å². The number of rotatable bonds is 2. The molecule has 20 heavy (non-hydrogen) atoms. The number of fused-ring (bicyclic) bond motifs is 1. The Hall–Kier alpha value is -1.80. The summed E-state index contributed by atoms with van der Waals surface area (Å²) in [4.78, 5) is 12.3. The van der Waals surface area contributed by atoms with Gasteiger partial charge in [-0.15, -0.1) is 0 Å². The monoisotopic (exact) mass is 352 g/mol. The molecule has 0 aliphatic rings. The molecule has 8 heteroatoms. The maximum Gasteiger partial charge on any atom is 0.270 e. The third kappa shape index (κ3) is 2.10. The topological polar surface area (TPSA) is 77.7 Å². The van der Waals surface area contributed by atoms with Gasteiger partial charge < -0.3 is 0 Å². The summed E-state index contributed by atoms with van der Waals surface area (Å²) < 4.78 is 26.6. The Morgan fingerprint density at radius 1 is 1.15 bits per heavy atom. The molecule has 0 fully saturated rings. The summed E-state index contributed by atoms with van der Waals surface area (Å²) in [6, 6.07) is 6.61. The van der Waals surface area contributed by atoms with Crippen LogP contribution in [-0.4, -0.2) is 27.3 Å². The molecule has 0 spiro atoms. The second-order valence-corrected chi connectivity index (χ2v) is 6.83. The van der Waals surface area contributed by atoms with Gasteiger partial charge in [0.2, 0.25) is 0 Å². The van der Waals surface area contributed by atoms with Crippen LogP contribution in [0.3, 0.4) is 0 Å². The number of imidazole rings is 1. The molecule has 3 rings (SSSR count). The van der Waals surface area contributed by atoms with Crippen LogP contribution in [0.25, 0.3) is 11.3 Å². The zero-order valence-electron chi connectivity index (χ0n) is 10.4. The first-order chi connectivity index (χ1) is 9.48. The van der Waals surface area contributed by atoms with E-state index in [0.717, 1.165) is 9.54 Å². The molecule has 0 radical (unpaired) electrons. The van der Waals surface area contributed by atoms with Gasteiger partial charge in [-0.25, -0.2) is 27.3 Å². The van der Waals surface area contributed by atoms with E-state index in [1.807, 2.05) is 6.92 Å². The van der Waals surface area contributed by atoms with Gasteiger partial charge in [-0.3, -0.25) is 0 Å². The first kappa shape index (κ1) is 13.2. The Morgan fingerprint density at radius 3 is 2.55 bits per heavy atom. The van der Waals surface area contributed by atoms with Gasteiger partial charge in [-0.05, 0) is 35.0 Å². The summed E-state index contributed by atoms with van der Waals surface area (Å²) in [5, 5.41) is 0. The molecule has 0 N–H and O–H groups in total. The lowest BCUT2D eigenvalue weighted by molar-refractivity contribution is 0.588. The quantitative estimate of drug-likeness (QED) is 0.705. The summed E-state index contributed by atoms with van der Waals surface area (Å²) >= 11 is 3.17. The van der Waals surface area contributed by atoms with Crippen LogP contribution in [0.5, 0.6) is 0 Å². The lowest BCUT2D eigenvalue weighted by Gasteiger charge is -2.06. The molecule has 0 amide bonds. The highest BCUT2D eigenvalue weighted by Crippen LogP contribution is 2.19. The average Bonchev–Trinajstić information content (AvgIpc) is 2.82. The van der Waals surface area contributed by atoms with Crippen LogP contribution in [0.15, 0.2) is 46.3 Å². The van der Waals surface area contributed by atoms with Crippen molar-refractivity contribution < 1.29 is 8.42 Å². The first-order valence-corrected chi connectivity index (χ1v) is 7.89. The fourth-order valence-corrected chi connectivity index (χ4v) is 3.26. The molecule has 0 saturated heterocycles. The van der Waals surface area contributed by atoms with Crippen LogP contribution in [-0.2, 0) is 10.0 Å². The van der Waals surface area contributed by atoms with Crippen LogP contribution < -0.4 is 0 Å². The molecule has 0 aliphatic heterocycles. The number of hydrogen-bond donors (Lipinski definition) is 0. The second kappa shape index (κ2) is 4.64. The fraction of sp³-hybridized carbons (Fsp3) is 0.0833. The van der Waals surface area contributed by atoms with Crippen LogP contribution in [0, 0.1) is 6.92 Å². The third-order valence-electron chi connectivity index (χ3n) is 2.78. The summed E-state index contributed by atoms with van der Waals surface area (Å²) in [5.41, 5.74) is 1.46. The number of aromatic nitrogens is 4. The zero-order chi connectivity index (χ0) is 14.3. The Labute approximate surface area is 123 Å². The molecular weight excluding hydrogens is 344 g/mol. The highest BCUT2D eigenvalue weighted by molar-refractivity contribution is 9.10. The Balaban J connectivity index is 2.21. The van der Waals surface area contributed by atoms with Gasteiger partial charge in [0, 0.05) is 0 Å². The van der Waals surface area contributed by atoms with Crippen molar-refractivity contribution in [1.82, 2.24) is 18.9 Å². The van der Waals surface area contributed by atoms with Gasteiger partial charge in [-0.2, -0.15) is 0 Å². The third-order valence-corrected chi connectivity index (χ3v) is 4.81. The molecule has 102 valence electrons. The Kier molecular flexibility index (Phi) is 3.06. The van der Waals surface area contributed by atoms with Gasteiger partial charge in [0.1, 0.15) is 10.9 Å². The molecule has 2 heterocycles. The van der Waals surface area contributed by atoms with E-state index in [-0.39, 0.29) is 16.2 Å². The van der Waals surface area contributed by atoms with Gasteiger partial charge in [0.05, 0.1) is 11.1 Å². The lowest BCUT2D eigenvalue weighted by atomic mass is 10.2. The summed E-state index contributed by atoms with van der Waals surface area (Å²) in [5.74, 6) is 0. The van der Waals surface area contributed by atoms with Crippen LogP contribution >= 0.6 is 15.9 Å². The predicted octanol–water partition coefficient (Wildman–Crippen LogP) is 2.13. The van der Waals surface area contributed by atoms with Crippen molar-refractivity contribution in [3.8, 4) is 0 Å². The van der Waals surface area contributed by atoms with E-state index in [4.69, 9.17) is 0 Å².